The quantitative estimate of drug-likeness (QED) is 0.430. The molecular formula is C24H32N2O2Si. The Bertz CT molecular complexity index is 907. The molecule has 4 nitrogen and oxygen atoms in total. The zero-order valence-corrected chi connectivity index (χ0v) is 18.4. The number of para-hydroxylation sites is 1. The number of rotatable bonds is 10. The summed E-state index contributed by atoms with van der Waals surface area (Å²) in [5.41, 5.74) is 1.69. The maximum atomic E-state index is 12.8. The van der Waals surface area contributed by atoms with Crippen LogP contribution in [0.3, 0.4) is 0 Å². The molecule has 1 amide bonds. The first-order valence-electron chi connectivity index (χ1n) is 11.6. The van der Waals surface area contributed by atoms with E-state index in [1.54, 1.807) is 24.5 Å². The number of nitrogens with zero attached hydrogens (tertiary/aromatic N) is 2. The van der Waals surface area contributed by atoms with Gasteiger partial charge in [0.25, 0.3) is 0 Å². The molecule has 5 heteroatoms. The van der Waals surface area contributed by atoms with Gasteiger partial charge in [0.15, 0.2) is 0 Å². The number of hydrogen-bond acceptors (Lipinski definition) is 3. The van der Waals surface area contributed by atoms with E-state index in [2.05, 4.69) is 36.3 Å². The molecular weight excluding hydrogens is 376 g/mol. The summed E-state index contributed by atoms with van der Waals surface area (Å²) in [6.45, 7) is 4.62. The Hall–Kier alpha value is -2.27. The molecule has 0 N–H and O–H groups in total. The number of aromatic nitrogens is 1. The lowest BCUT2D eigenvalue weighted by molar-refractivity contribution is -0.119. The van der Waals surface area contributed by atoms with Gasteiger partial charge in [0.1, 0.15) is 13.9 Å². The largest absolute Gasteiger partial charge is 0.315 e. The molecule has 0 saturated carbocycles. The number of ketones is 1. The Labute approximate surface area is 178 Å². The van der Waals surface area contributed by atoms with Crippen LogP contribution in [0.2, 0.25) is 13.1 Å². The fraction of sp³-hybridized carbons (Fsp3) is 0.458. The summed E-state index contributed by atoms with van der Waals surface area (Å²) in [5.74, 6) is 0.00198. The van der Waals surface area contributed by atoms with Crippen LogP contribution >= 0.6 is 0 Å². The fourth-order valence-corrected chi connectivity index (χ4v) is 6.65. The van der Waals surface area contributed by atoms with Crippen LogP contribution < -0.4 is 10.1 Å². The SMILES string of the molecule is [2H]C(C(=O)CCCCCCC(=O)N1C[Si](C)(C)c2ccccc21)C([2H])c1cccnc1. The van der Waals surface area contributed by atoms with Gasteiger partial charge in [-0.3, -0.25) is 14.6 Å². The number of amides is 1. The van der Waals surface area contributed by atoms with Gasteiger partial charge in [0.2, 0.25) is 5.91 Å². The van der Waals surface area contributed by atoms with E-state index >= 15 is 0 Å². The van der Waals surface area contributed by atoms with Crippen molar-refractivity contribution >= 4 is 30.6 Å². The molecule has 2 unspecified atom stereocenters. The van der Waals surface area contributed by atoms with Gasteiger partial charge in [0, 0.05) is 46.2 Å². The zero-order chi connectivity index (χ0) is 22.4. The van der Waals surface area contributed by atoms with Crippen molar-refractivity contribution in [2.45, 2.75) is 64.4 Å². The van der Waals surface area contributed by atoms with Crippen LogP contribution in [0.1, 0.15) is 53.2 Å². The van der Waals surface area contributed by atoms with Gasteiger partial charge in [-0.2, -0.15) is 0 Å². The molecule has 0 aliphatic carbocycles. The number of hydrogen-bond donors (Lipinski definition) is 0. The summed E-state index contributed by atoms with van der Waals surface area (Å²) < 4.78 is 16.2. The van der Waals surface area contributed by atoms with Crippen molar-refractivity contribution in [2.75, 3.05) is 11.1 Å². The second kappa shape index (κ2) is 9.97. The number of anilines is 1. The minimum Gasteiger partial charge on any atom is -0.315 e. The normalized spacial score (nSPS) is 17.8. The topological polar surface area (TPSA) is 50.3 Å². The first kappa shape index (κ1) is 18.7. The second-order valence-electron chi connectivity index (χ2n) is 8.38. The van der Waals surface area contributed by atoms with E-state index in [1.807, 2.05) is 11.0 Å². The van der Waals surface area contributed by atoms with Crippen molar-refractivity contribution in [1.82, 2.24) is 4.98 Å². The summed E-state index contributed by atoms with van der Waals surface area (Å²) in [7, 11) is -1.57. The minimum absolute atomic E-state index is 0.194. The molecule has 0 spiro atoms. The molecule has 1 aliphatic heterocycles. The predicted molar refractivity (Wildman–Crippen MR) is 121 cm³/mol. The molecule has 1 aliphatic rings. The van der Waals surface area contributed by atoms with Crippen molar-refractivity contribution in [3.8, 4) is 0 Å². The number of pyridine rings is 1. The lowest BCUT2D eigenvalue weighted by Crippen LogP contribution is -2.44. The third kappa shape index (κ3) is 5.86. The molecule has 29 heavy (non-hydrogen) atoms. The Morgan fingerprint density at radius 3 is 2.59 bits per heavy atom. The maximum absolute atomic E-state index is 12.8. The highest BCUT2D eigenvalue weighted by atomic mass is 28.3. The van der Waals surface area contributed by atoms with Gasteiger partial charge < -0.3 is 4.90 Å². The van der Waals surface area contributed by atoms with Crippen LogP contribution in [0.5, 0.6) is 0 Å². The lowest BCUT2D eigenvalue weighted by atomic mass is 10.0. The summed E-state index contributed by atoms with van der Waals surface area (Å²) >= 11 is 0. The van der Waals surface area contributed by atoms with Crippen molar-refractivity contribution < 1.29 is 12.3 Å². The average molecular weight is 411 g/mol. The monoisotopic (exact) mass is 410 g/mol. The van der Waals surface area contributed by atoms with Gasteiger partial charge in [-0.05, 0) is 42.1 Å². The van der Waals surface area contributed by atoms with Crippen molar-refractivity contribution in [2.24, 2.45) is 0 Å². The molecule has 0 fully saturated rings. The highest BCUT2D eigenvalue weighted by molar-refractivity contribution is 6.93. The molecule has 2 heterocycles. The summed E-state index contributed by atoms with van der Waals surface area (Å²) in [5, 5.41) is 1.37. The maximum Gasteiger partial charge on any atom is 0.226 e. The van der Waals surface area contributed by atoms with E-state index in [9.17, 15) is 9.59 Å². The van der Waals surface area contributed by atoms with Gasteiger partial charge in [-0.25, -0.2) is 0 Å². The van der Waals surface area contributed by atoms with E-state index in [-0.39, 0.29) is 11.7 Å². The Kier molecular flexibility index (Phi) is 6.44. The van der Waals surface area contributed by atoms with Crippen LogP contribution in [-0.4, -0.2) is 30.9 Å². The van der Waals surface area contributed by atoms with Crippen molar-refractivity contribution in [3.05, 3.63) is 54.4 Å². The Morgan fingerprint density at radius 1 is 1.07 bits per heavy atom. The molecule has 3 rings (SSSR count). The second-order valence-corrected chi connectivity index (χ2v) is 13.0. The average Bonchev–Trinajstić information content (AvgIpc) is 3.06. The van der Waals surface area contributed by atoms with Crippen LogP contribution in [0.25, 0.3) is 0 Å². The first-order valence-corrected chi connectivity index (χ1v) is 13.7. The number of fused-ring (bicyclic) bond motifs is 1. The third-order valence-electron chi connectivity index (χ3n) is 5.49. The molecule has 0 bridgehead atoms. The van der Waals surface area contributed by atoms with Crippen molar-refractivity contribution in [3.63, 3.8) is 0 Å². The minimum atomic E-state index is -1.57. The van der Waals surface area contributed by atoms with Gasteiger partial charge >= 0.3 is 0 Å². The molecule has 1 aromatic carbocycles. The highest BCUT2D eigenvalue weighted by Crippen LogP contribution is 2.26. The number of Topliss-reactive ketones (excluding diaryl/α,β-unsaturated/α-hetero) is 1. The van der Waals surface area contributed by atoms with Crippen LogP contribution in [0.4, 0.5) is 5.69 Å². The summed E-state index contributed by atoms with van der Waals surface area (Å²) in [6, 6.07) is 11.7. The molecule has 1 aromatic heterocycles. The molecule has 2 aromatic rings. The standard InChI is InChI=1S/C24H32N2O2Si/c1-29(2)19-26(22-12-7-8-13-23(22)29)24(28)14-6-4-3-5-11-21(27)16-15-20-10-9-17-25-18-20/h7-10,12-13,17-18H,3-6,11,14-16,19H2,1-2H3/i15D,16D. The molecule has 154 valence electrons. The number of carbonyl (C=O) groups excluding carboxylic acids is 2. The van der Waals surface area contributed by atoms with E-state index in [1.165, 1.54) is 5.19 Å². The van der Waals surface area contributed by atoms with E-state index in [0.29, 0.717) is 24.8 Å². The van der Waals surface area contributed by atoms with Crippen LogP contribution in [0, 0.1) is 0 Å². The molecule has 2 atom stereocenters. The summed E-state index contributed by atoms with van der Waals surface area (Å²) in [6.07, 6.45) is 6.17. The number of unbranched alkanes of at least 4 members (excludes halogenated alkanes) is 3. The van der Waals surface area contributed by atoms with E-state index in [4.69, 9.17) is 2.74 Å². The fourth-order valence-electron chi connectivity index (χ4n) is 3.88. The van der Waals surface area contributed by atoms with Crippen molar-refractivity contribution in [1.29, 1.82) is 0 Å². The molecule has 0 radical (unpaired) electrons. The first-order chi connectivity index (χ1) is 14.8. The van der Waals surface area contributed by atoms with E-state index < -0.39 is 20.9 Å². The molecule has 0 saturated heterocycles. The predicted octanol–water partition coefficient (Wildman–Crippen LogP) is 4.43. The lowest BCUT2D eigenvalue weighted by Gasteiger charge is -2.19. The zero-order valence-electron chi connectivity index (χ0n) is 19.4. The third-order valence-corrected chi connectivity index (χ3v) is 8.48. The number of benzene rings is 1. The van der Waals surface area contributed by atoms with Gasteiger partial charge in [-0.15, -0.1) is 0 Å². The smallest absolute Gasteiger partial charge is 0.226 e. The Morgan fingerprint density at radius 2 is 1.83 bits per heavy atom. The van der Waals surface area contributed by atoms with Crippen LogP contribution in [0.15, 0.2) is 48.8 Å². The highest BCUT2D eigenvalue weighted by Gasteiger charge is 2.38. The van der Waals surface area contributed by atoms with Crippen LogP contribution in [-0.2, 0) is 16.0 Å². The van der Waals surface area contributed by atoms with Gasteiger partial charge in [-0.1, -0.05) is 50.2 Å². The number of aryl methyl sites for hydroxylation is 1. The summed E-state index contributed by atoms with van der Waals surface area (Å²) in [4.78, 5) is 31.0. The Balaban J connectivity index is 1.36. The van der Waals surface area contributed by atoms with Gasteiger partial charge in [0.05, 0.1) is 0 Å². The van der Waals surface area contributed by atoms with E-state index in [0.717, 1.165) is 31.1 Å². The number of carbonyl (C=O) groups is 2.